The summed E-state index contributed by atoms with van der Waals surface area (Å²) >= 11 is 0. The normalized spacial score (nSPS) is 11.3. The number of ether oxygens (including phenoxy) is 1. The fourth-order valence-corrected chi connectivity index (χ4v) is 2.52. The average molecular weight is 304 g/mol. The lowest BCUT2D eigenvalue weighted by Crippen LogP contribution is -2.34. The lowest BCUT2D eigenvalue weighted by molar-refractivity contribution is 0.0917. The van der Waals surface area contributed by atoms with E-state index in [4.69, 9.17) is 9.15 Å². The number of carbonyl (C=O) groups is 1. The van der Waals surface area contributed by atoms with Crippen molar-refractivity contribution in [2.45, 2.75) is 20.5 Å². The van der Waals surface area contributed by atoms with Gasteiger partial charge in [-0.15, -0.1) is 0 Å². The van der Waals surface area contributed by atoms with Gasteiger partial charge in [-0.25, -0.2) is 0 Å². The Labute approximate surface area is 131 Å². The molecule has 1 aromatic heterocycles. The molecule has 0 atom stereocenters. The van der Waals surface area contributed by atoms with Crippen molar-refractivity contribution in [3.05, 3.63) is 35.6 Å². The molecule has 22 heavy (non-hydrogen) atoms. The Hall–Kier alpha value is -1.85. The fourth-order valence-electron chi connectivity index (χ4n) is 2.52. The number of nitrogens with zero attached hydrogens (tertiary/aromatic N) is 1. The average Bonchev–Trinajstić information content (AvgIpc) is 2.91. The van der Waals surface area contributed by atoms with Gasteiger partial charge in [0.25, 0.3) is 5.91 Å². The van der Waals surface area contributed by atoms with Crippen LogP contribution in [0.3, 0.4) is 0 Å². The minimum absolute atomic E-state index is 0.185. The first-order chi connectivity index (χ1) is 10.7. The molecule has 0 aliphatic heterocycles. The fraction of sp³-hybridized carbons (Fsp3) is 0.471. The van der Waals surface area contributed by atoms with Gasteiger partial charge in [0, 0.05) is 31.1 Å². The van der Waals surface area contributed by atoms with Crippen molar-refractivity contribution >= 4 is 16.9 Å². The third-order valence-electron chi connectivity index (χ3n) is 3.80. The first-order valence-corrected chi connectivity index (χ1v) is 7.71. The van der Waals surface area contributed by atoms with Gasteiger partial charge in [-0.2, -0.15) is 0 Å². The highest BCUT2D eigenvalue weighted by Crippen LogP contribution is 2.26. The van der Waals surface area contributed by atoms with E-state index < -0.39 is 0 Å². The van der Waals surface area contributed by atoms with Crippen LogP contribution in [0.4, 0.5) is 0 Å². The first kappa shape index (κ1) is 16.5. The molecule has 2 rings (SSSR count). The van der Waals surface area contributed by atoms with Gasteiger partial charge >= 0.3 is 0 Å². The maximum Gasteiger partial charge on any atom is 0.287 e. The highest BCUT2D eigenvalue weighted by atomic mass is 16.5. The number of furan rings is 1. The van der Waals surface area contributed by atoms with Crippen molar-refractivity contribution in [1.29, 1.82) is 0 Å². The Morgan fingerprint density at radius 1 is 1.27 bits per heavy atom. The van der Waals surface area contributed by atoms with Crippen LogP contribution in [0.1, 0.15) is 30.0 Å². The van der Waals surface area contributed by atoms with E-state index in [0.29, 0.717) is 24.5 Å². The SMILES string of the molecule is CCN(CC)CCNC(=O)c1oc2ccccc2c1COC. The van der Waals surface area contributed by atoms with Gasteiger partial charge in [-0.05, 0) is 19.2 Å². The molecule has 0 aliphatic carbocycles. The van der Waals surface area contributed by atoms with E-state index in [1.807, 2.05) is 24.3 Å². The second-order valence-electron chi connectivity index (χ2n) is 5.12. The van der Waals surface area contributed by atoms with E-state index >= 15 is 0 Å². The molecule has 0 bridgehead atoms. The second-order valence-corrected chi connectivity index (χ2v) is 5.12. The molecule has 0 saturated carbocycles. The molecule has 0 fully saturated rings. The molecule has 1 N–H and O–H groups in total. The zero-order valence-electron chi connectivity index (χ0n) is 13.5. The lowest BCUT2D eigenvalue weighted by Gasteiger charge is -2.17. The Bertz CT molecular complexity index is 617. The van der Waals surface area contributed by atoms with Gasteiger partial charge in [0.15, 0.2) is 5.76 Å². The smallest absolute Gasteiger partial charge is 0.287 e. The lowest BCUT2D eigenvalue weighted by atomic mass is 10.1. The molecule has 0 saturated heterocycles. The van der Waals surface area contributed by atoms with Crippen LogP contribution in [-0.4, -0.2) is 44.1 Å². The van der Waals surface area contributed by atoms with Gasteiger partial charge in [0.05, 0.1) is 6.61 Å². The zero-order valence-corrected chi connectivity index (χ0v) is 13.5. The van der Waals surface area contributed by atoms with Crippen LogP contribution < -0.4 is 5.32 Å². The Balaban J connectivity index is 2.12. The molecule has 2 aromatic rings. The van der Waals surface area contributed by atoms with Crippen LogP contribution in [0.2, 0.25) is 0 Å². The Morgan fingerprint density at radius 3 is 2.68 bits per heavy atom. The van der Waals surface area contributed by atoms with Crippen LogP contribution in [0.15, 0.2) is 28.7 Å². The van der Waals surface area contributed by atoms with E-state index in [1.165, 1.54) is 0 Å². The number of likely N-dealkylation sites (N-methyl/N-ethyl adjacent to an activating group) is 1. The molecule has 5 nitrogen and oxygen atoms in total. The standard InChI is InChI=1S/C17H24N2O3/c1-4-19(5-2)11-10-18-17(20)16-14(12-21-3)13-8-6-7-9-15(13)22-16/h6-9H,4-5,10-12H2,1-3H3,(H,18,20). The molecule has 1 heterocycles. The van der Waals surface area contributed by atoms with Crippen molar-refractivity contribution in [1.82, 2.24) is 10.2 Å². The second kappa shape index (κ2) is 7.96. The highest BCUT2D eigenvalue weighted by Gasteiger charge is 2.20. The Morgan fingerprint density at radius 2 is 2.00 bits per heavy atom. The van der Waals surface area contributed by atoms with Gasteiger partial charge in [0.2, 0.25) is 0 Å². The van der Waals surface area contributed by atoms with Crippen molar-refractivity contribution in [2.75, 3.05) is 33.3 Å². The molecule has 1 amide bonds. The quantitative estimate of drug-likeness (QED) is 0.814. The monoisotopic (exact) mass is 304 g/mol. The Kier molecular flexibility index (Phi) is 5.98. The van der Waals surface area contributed by atoms with E-state index in [0.717, 1.165) is 30.6 Å². The number of fused-ring (bicyclic) bond motifs is 1. The first-order valence-electron chi connectivity index (χ1n) is 7.71. The van der Waals surface area contributed by atoms with Gasteiger partial charge in [0.1, 0.15) is 5.58 Å². The van der Waals surface area contributed by atoms with Gasteiger partial charge < -0.3 is 19.4 Å². The van der Waals surface area contributed by atoms with Gasteiger partial charge in [-0.3, -0.25) is 4.79 Å². The van der Waals surface area contributed by atoms with Crippen LogP contribution in [0.5, 0.6) is 0 Å². The van der Waals surface area contributed by atoms with Crippen LogP contribution >= 0.6 is 0 Å². The molecule has 120 valence electrons. The third-order valence-corrected chi connectivity index (χ3v) is 3.80. The molecule has 5 heteroatoms. The molecule has 0 unspecified atom stereocenters. The van der Waals surface area contributed by atoms with Crippen LogP contribution in [0.25, 0.3) is 11.0 Å². The zero-order chi connectivity index (χ0) is 15.9. The summed E-state index contributed by atoms with van der Waals surface area (Å²) in [5, 5.41) is 3.86. The number of rotatable bonds is 8. The number of methoxy groups -OCH3 is 1. The minimum Gasteiger partial charge on any atom is -0.451 e. The minimum atomic E-state index is -0.185. The summed E-state index contributed by atoms with van der Waals surface area (Å²) in [6.45, 7) is 7.97. The third kappa shape index (κ3) is 3.67. The number of benzene rings is 1. The summed E-state index contributed by atoms with van der Waals surface area (Å²) in [6.07, 6.45) is 0. The number of amides is 1. The maximum atomic E-state index is 12.4. The van der Waals surface area contributed by atoms with E-state index in [9.17, 15) is 4.79 Å². The van der Waals surface area contributed by atoms with Gasteiger partial charge in [-0.1, -0.05) is 32.0 Å². The van der Waals surface area contributed by atoms with Crippen molar-refractivity contribution in [2.24, 2.45) is 0 Å². The molecular formula is C17H24N2O3. The number of hydrogen-bond donors (Lipinski definition) is 1. The molecule has 1 aromatic carbocycles. The summed E-state index contributed by atoms with van der Waals surface area (Å²) < 4.78 is 10.9. The largest absolute Gasteiger partial charge is 0.451 e. The van der Waals surface area contributed by atoms with Crippen molar-refractivity contribution in [3.8, 4) is 0 Å². The number of para-hydroxylation sites is 1. The van der Waals surface area contributed by atoms with E-state index in [1.54, 1.807) is 7.11 Å². The maximum absolute atomic E-state index is 12.4. The van der Waals surface area contributed by atoms with Crippen molar-refractivity contribution < 1.29 is 13.9 Å². The summed E-state index contributed by atoms with van der Waals surface area (Å²) in [4.78, 5) is 14.6. The number of carbonyl (C=O) groups excluding carboxylic acids is 1. The van der Waals surface area contributed by atoms with Crippen LogP contribution in [-0.2, 0) is 11.3 Å². The summed E-state index contributed by atoms with van der Waals surface area (Å²) in [5.41, 5.74) is 1.52. The number of hydrogen-bond acceptors (Lipinski definition) is 4. The van der Waals surface area contributed by atoms with E-state index in [-0.39, 0.29) is 5.91 Å². The molecular weight excluding hydrogens is 280 g/mol. The number of nitrogens with one attached hydrogen (secondary N) is 1. The molecule has 0 aliphatic rings. The van der Waals surface area contributed by atoms with Crippen LogP contribution in [0, 0.1) is 0 Å². The molecule has 0 spiro atoms. The summed E-state index contributed by atoms with van der Waals surface area (Å²) in [5.74, 6) is 0.165. The topological polar surface area (TPSA) is 54.7 Å². The predicted octanol–water partition coefficient (Wildman–Crippen LogP) is 2.65. The summed E-state index contributed by atoms with van der Waals surface area (Å²) in [7, 11) is 1.61. The van der Waals surface area contributed by atoms with Crippen molar-refractivity contribution in [3.63, 3.8) is 0 Å². The highest BCUT2D eigenvalue weighted by molar-refractivity contribution is 5.99. The molecule has 0 radical (unpaired) electrons. The summed E-state index contributed by atoms with van der Waals surface area (Å²) in [6, 6.07) is 7.63. The predicted molar refractivity (Wildman–Crippen MR) is 87.0 cm³/mol. The van der Waals surface area contributed by atoms with E-state index in [2.05, 4.69) is 24.1 Å².